The van der Waals surface area contributed by atoms with E-state index < -0.39 is 5.92 Å². The Morgan fingerprint density at radius 3 is 2.56 bits per heavy atom. The summed E-state index contributed by atoms with van der Waals surface area (Å²) in [6, 6.07) is 13.9. The molecule has 0 saturated heterocycles. The Balaban J connectivity index is 1.94. The Bertz CT molecular complexity index is 1110. The van der Waals surface area contributed by atoms with Crippen molar-refractivity contribution in [1.29, 1.82) is 5.26 Å². The van der Waals surface area contributed by atoms with E-state index in [9.17, 15) is 10.4 Å². The zero-order valence-electron chi connectivity index (χ0n) is 13.7. The monoisotopic (exact) mass is 398 g/mol. The van der Waals surface area contributed by atoms with E-state index in [-0.39, 0.29) is 23.1 Å². The fourth-order valence-corrected chi connectivity index (χ4v) is 3.41. The second-order valence-corrected chi connectivity index (χ2v) is 6.78. The summed E-state index contributed by atoms with van der Waals surface area (Å²) in [4.78, 5) is 0. The molecule has 4 N–H and O–H groups in total. The number of nitrogens with zero attached hydrogens (tertiary/aromatic N) is 2. The summed E-state index contributed by atoms with van der Waals surface area (Å²) in [5, 5.41) is 27.2. The highest BCUT2D eigenvalue weighted by Gasteiger charge is 2.35. The zero-order valence-corrected chi connectivity index (χ0v) is 15.2. The van der Waals surface area contributed by atoms with Crippen LogP contribution in [0.15, 0.2) is 53.9 Å². The summed E-state index contributed by atoms with van der Waals surface area (Å²) >= 11 is 12.2. The zero-order chi connectivity index (χ0) is 19.1. The first-order chi connectivity index (χ1) is 13.0. The molecule has 1 atom stereocenters. The molecule has 27 heavy (non-hydrogen) atoms. The number of aromatic nitrogens is 2. The van der Waals surface area contributed by atoms with E-state index in [0.29, 0.717) is 21.3 Å². The fourth-order valence-electron chi connectivity index (χ4n) is 3.12. The van der Waals surface area contributed by atoms with E-state index in [1.165, 1.54) is 0 Å². The van der Waals surface area contributed by atoms with Gasteiger partial charge in [-0.25, -0.2) is 0 Å². The number of nitrogens with two attached hydrogens (primary N) is 1. The summed E-state index contributed by atoms with van der Waals surface area (Å²) in [5.74, 6) is -0.109. The van der Waals surface area contributed by atoms with E-state index >= 15 is 0 Å². The van der Waals surface area contributed by atoms with Crippen molar-refractivity contribution in [2.24, 2.45) is 5.73 Å². The molecule has 0 amide bonds. The van der Waals surface area contributed by atoms with Crippen LogP contribution < -0.4 is 10.5 Å². The second-order valence-electron chi connectivity index (χ2n) is 5.96. The third kappa shape index (κ3) is 2.87. The van der Waals surface area contributed by atoms with E-state index in [4.69, 9.17) is 33.7 Å². The molecular formula is C19H12Cl2N4O2. The minimum Gasteiger partial charge on any atom is -0.508 e. The number of nitrogens with one attached hydrogen (secondary N) is 1. The van der Waals surface area contributed by atoms with Crippen LogP contribution in [-0.4, -0.2) is 15.3 Å². The number of hydrogen-bond acceptors (Lipinski definition) is 5. The number of fused-ring (bicyclic) bond motifs is 1. The predicted molar refractivity (Wildman–Crippen MR) is 101 cm³/mol. The number of halogens is 2. The Kier molecular flexibility index (Phi) is 4.19. The molecule has 2 aromatic carbocycles. The van der Waals surface area contributed by atoms with Crippen LogP contribution in [0, 0.1) is 11.3 Å². The Morgan fingerprint density at radius 1 is 1.15 bits per heavy atom. The first kappa shape index (κ1) is 17.3. The molecule has 0 bridgehead atoms. The second kappa shape index (κ2) is 6.54. The van der Waals surface area contributed by atoms with Crippen molar-refractivity contribution in [1.82, 2.24) is 10.2 Å². The molecule has 1 aliphatic rings. The van der Waals surface area contributed by atoms with Crippen molar-refractivity contribution >= 4 is 23.2 Å². The van der Waals surface area contributed by atoms with Gasteiger partial charge in [-0.3, -0.25) is 5.10 Å². The van der Waals surface area contributed by atoms with Gasteiger partial charge in [-0.05, 0) is 29.8 Å². The summed E-state index contributed by atoms with van der Waals surface area (Å²) in [5.41, 5.74) is 9.01. The van der Waals surface area contributed by atoms with Gasteiger partial charge in [-0.15, -0.1) is 5.10 Å². The third-order valence-corrected chi connectivity index (χ3v) is 5.11. The Labute approximate surface area is 164 Å². The van der Waals surface area contributed by atoms with Crippen molar-refractivity contribution in [2.45, 2.75) is 5.92 Å². The normalized spacial score (nSPS) is 15.8. The highest BCUT2D eigenvalue weighted by atomic mass is 35.5. The van der Waals surface area contributed by atoms with Gasteiger partial charge in [0.25, 0.3) is 0 Å². The van der Waals surface area contributed by atoms with E-state index in [0.717, 1.165) is 11.1 Å². The molecular weight excluding hydrogens is 387 g/mol. The average molecular weight is 399 g/mol. The van der Waals surface area contributed by atoms with Crippen LogP contribution >= 0.6 is 23.2 Å². The van der Waals surface area contributed by atoms with Gasteiger partial charge in [0.15, 0.2) is 0 Å². The Hall–Kier alpha value is -3.14. The lowest BCUT2D eigenvalue weighted by Crippen LogP contribution is -2.20. The summed E-state index contributed by atoms with van der Waals surface area (Å²) in [7, 11) is 0. The topological polar surface area (TPSA) is 108 Å². The van der Waals surface area contributed by atoms with Gasteiger partial charge in [-0.1, -0.05) is 41.4 Å². The molecule has 0 radical (unpaired) electrons. The van der Waals surface area contributed by atoms with Crippen molar-refractivity contribution in [3.8, 4) is 29.0 Å². The van der Waals surface area contributed by atoms with Gasteiger partial charge in [0.1, 0.15) is 17.4 Å². The number of aromatic hydroxyl groups is 1. The maximum atomic E-state index is 9.67. The molecule has 0 fully saturated rings. The predicted octanol–water partition coefficient (Wildman–Crippen LogP) is 4.31. The minimum absolute atomic E-state index is 0.00439. The minimum atomic E-state index is -0.512. The van der Waals surface area contributed by atoms with Crippen LogP contribution in [0.5, 0.6) is 11.6 Å². The fraction of sp³-hybridized carbons (Fsp3) is 0.0526. The lowest BCUT2D eigenvalue weighted by Gasteiger charge is -2.24. The van der Waals surface area contributed by atoms with Crippen LogP contribution in [0.4, 0.5) is 0 Å². The van der Waals surface area contributed by atoms with Crippen LogP contribution in [0.3, 0.4) is 0 Å². The standard InChI is InChI=1S/C19H12Cl2N4O2/c20-13-6-3-10(7-14(13)21)17-16-15(9-1-4-11(26)5-2-9)12(8-22)18(23)27-19(16)25-24-17/h1-7,15,26H,23H2,(H,24,25). The molecule has 0 spiro atoms. The quantitative estimate of drug-likeness (QED) is 0.595. The number of ether oxygens (including phenoxy) is 1. The van der Waals surface area contributed by atoms with Gasteiger partial charge in [0.05, 0.1) is 27.2 Å². The van der Waals surface area contributed by atoms with E-state index in [2.05, 4.69) is 16.3 Å². The number of allylic oxidation sites excluding steroid dienone is 1. The first-order valence-corrected chi connectivity index (χ1v) is 8.65. The number of phenolic OH excluding ortho intramolecular Hbond substituents is 1. The van der Waals surface area contributed by atoms with Gasteiger partial charge < -0.3 is 15.6 Å². The molecule has 4 rings (SSSR count). The third-order valence-electron chi connectivity index (χ3n) is 4.37. The molecule has 1 aliphatic heterocycles. The molecule has 6 nitrogen and oxygen atoms in total. The summed E-state index contributed by atoms with van der Waals surface area (Å²) in [6.07, 6.45) is 0. The highest BCUT2D eigenvalue weighted by molar-refractivity contribution is 6.42. The molecule has 2 heterocycles. The van der Waals surface area contributed by atoms with Crippen molar-refractivity contribution in [3.63, 3.8) is 0 Å². The molecule has 8 heteroatoms. The highest BCUT2D eigenvalue weighted by Crippen LogP contribution is 2.46. The number of benzene rings is 2. The number of rotatable bonds is 2. The first-order valence-electron chi connectivity index (χ1n) is 7.89. The van der Waals surface area contributed by atoms with Gasteiger partial charge >= 0.3 is 0 Å². The molecule has 0 aliphatic carbocycles. The maximum Gasteiger partial charge on any atom is 0.244 e. The average Bonchev–Trinajstić information content (AvgIpc) is 3.07. The Morgan fingerprint density at radius 2 is 1.89 bits per heavy atom. The molecule has 1 unspecified atom stereocenters. The lowest BCUT2D eigenvalue weighted by atomic mass is 9.83. The number of H-pyrrole nitrogens is 1. The van der Waals surface area contributed by atoms with Crippen molar-refractivity contribution < 1.29 is 9.84 Å². The molecule has 0 saturated carbocycles. The van der Waals surface area contributed by atoms with Crippen LogP contribution in [0.1, 0.15) is 17.0 Å². The van der Waals surface area contributed by atoms with E-state index in [1.807, 2.05) is 0 Å². The molecule has 134 valence electrons. The van der Waals surface area contributed by atoms with Gasteiger partial charge in [0, 0.05) is 5.56 Å². The summed E-state index contributed by atoms with van der Waals surface area (Å²) < 4.78 is 5.55. The molecule has 1 aromatic heterocycles. The van der Waals surface area contributed by atoms with Crippen LogP contribution in [0.25, 0.3) is 11.3 Å². The number of aromatic amines is 1. The number of nitriles is 1. The SMILES string of the molecule is N#CC1=C(N)Oc2n[nH]c(-c3ccc(Cl)c(Cl)c3)c2C1c1ccc(O)cc1. The summed E-state index contributed by atoms with van der Waals surface area (Å²) in [6.45, 7) is 0. The van der Waals surface area contributed by atoms with Gasteiger partial charge in [-0.2, -0.15) is 5.26 Å². The number of phenols is 1. The van der Waals surface area contributed by atoms with E-state index in [1.54, 1.807) is 42.5 Å². The molecule has 3 aromatic rings. The largest absolute Gasteiger partial charge is 0.508 e. The smallest absolute Gasteiger partial charge is 0.244 e. The van der Waals surface area contributed by atoms with Crippen LogP contribution in [0.2, 0.25) is 10.0 Å². The maximum absolute atomic E-state index is 9.67. The van der Waals surface area contributed by atoms with Crippen molar-refractivity contribution in [2.75, 3.05) is 0 Å². The number of hydrogen-bond donors (Lipinski definition) is 3. The van der Waals surface area contributed by atoms with Crippen LogP contribution in [-0.2, 0) is 0 Å². The van der Waals surface area contributed by atoms with Gasteiger partial charge in [0.2, 0.25) is 11.8 Å². The lowest BCUT2D eigenvalue weighted by molar-refractivity contribution is 0.379. The van der Waals surface area contributed by atoms with Crippen molar-refractivity contribution in [3.05, 3.63) is 75.1 Å².